The number of nitrogens with one attached hydrogen (secondary N) is 2. The minimum Gasteiger partial charge on any atom is -0.371 e. The number of hydrogen-bond acceptors (Lipinski definition) is 3. The second-order valence-electron chi connectivity index (χ2n) is 5.00. The molecule has 0 bridgehead atoms. The van der Waals surface area contributed by atoms with Gasteiger partial charge >= 0.3 is 0 Å². The Morgan fingerprint density at radius 1 is 1.24 bits per heavy atom. The van der Waals surface area contributed by atoms with Crippen LogP contribution in [0.4, 0.5) is 11.4 Å². The van der Waals surface area contributed by atoms with E-state index in [0.29, 0.717) is 23.9 Å². The van der Waals surface area contributed by atoms with E-state index in [2.05, 4.69) is 10.6 Å². The molecule has 114 valence electrons. The minimum atomic E-state index is -0.313. The fourth-order valence-electron chi connectivity index (χ4n) is 1.75. The number of rotatable bonds is 6. The van der Waals surface area contributed by atoms with E-state index < -0.39 is 0 Å². The zero-order chi connectivity index (χ0) is 15.4. The number of ether oxygens (including phenoxy) is 1. The Morgan fingerprint density at radius 2 is 1.86 bits per heavy atom. The van der Waals surface area contributed by atoms with Gasteiger partial charge in [0.25, 0.3) is 0 Å². The number of carbonyl (C=O) groups excluding carboxylic acids is 2. The van der Waals surface area contributed by atoms with Gasteiger partial charge in [-0.1, -0.05) is 23.2 Å². The summed E-state index contributed by atoms with van der Waals surface area (Å²) in [5.74, 6) is 0.0565. The molecular weight excluding hydrogens is 315 g/mol. The normalized spacial score (nSPS) is 13.9. The Labute approximate surface area is 132 Å². The molecule has 0 spiro atoms. The van der Waals surface area contributed by atoms with Crippen molar-refractivity contribution in [3.05, 3.63) is 22.2 Å². The molecule has 0 atom stereocenters. The second-order valence-corrected chi connectivity index (χ2v) is 5.82. The topological polar surface area (TPSA) is 67.4 Å². The van der Waals surface area contributed by atoms with Crippen molar-refractivity contribution in [1.29, 1.82) is 0 Å². The highest BCUT2D eigenvalue weighted by Crippen LogP contribution is 2.34. The summed E-state index contributed by atoms with van der Waals surface area (Å²) in [6.45, 7) is 1.96. The molecule has 1 aromatic carbocycles. The Kier molecular flexibility index (Phi) is 5.45. The lowest BCUT2D eigenvalue weighted by Gasteiger charge is -2.12. The van der Waals surface area contributed by atoms with Crippen molar-refractivity contribution in [3.8, 4) is 0 Å². The molecule has 2 N–H and O–H groups in total. The SMILES string of the molecule is CC(=O)Nc1cc(Cl)c(NC(=O)COCC2CC2)c(Cl)c1. The monoisotopic (exact) mass is 330 g/mol. The van der Waals surface area contributed by atoms with Crippen LogP contribution < -0.4 is 10.6 Å². The Morgan fingerprint density at radius 3 is 2.38 bits per heavy atom. The molecule has 0 unspecified atom stereocenters. The zero-order valence-corrected chi connectivity index (χ0v) is 13.1. The van der Waals surface area contributed by atoms with Gasteiger partial charge in [0.2, 0.25) is 11.8 Å². The summed E-state index contributed by atoms with van der Waals surface area (Å²) in [4.78, 5) is 22.8. The predicted molar refractivity (Wildman–Crippen MR) is 82.9 cm³/mol. The van der Waals surface area contributed by atoms with E-state index in [-0.39, 0.29) is 28.5 Å². The second kappa shape index (κ2) is 7.11. The van der Waals surface area contributed by atoms with Crippen LogP contribution in [0, 0.1) is 5.92 Å². The predicted octanol–water partition coefficient (Wildman–Crippen LogP) is 3.32. The summed E-state index contributed by atoms with van der Waals surface area (Å²) in [5.41, 5.74) is 0.785. The number of hydrogen-bond donors (Lipinski definition) is 2. The third-order valence-electron chi connectivity index (χ3n) is 2.91. The lowest BCUT2D eigenvalue weighted by Crippen LogP contribution is -2.19. The molecule has 0 aromatic heterocycles. The average molecular weight is 331 g/mol. The van der Waals surface area contributed by atoms with Gasteiger partial charge in [0.15, 0.2) is 0 Å². The summed E-state index contributed by atoms with van der Waals surface area (Å²) in [6.07, 6.45) is 2.34. The van der Waals surface area contributed by atoms with Crippen molar-refractivity contribution in [3.63, 3.8) is 0 Å². The van der Waals surface area contributed by atoms with Gasteiger partial charge in [-0.25, -0.2) is 0 Å². The molecule has 21 heavy (non-hydrogen) atoms. The van der Waals surface area contributed by atoms with Crippen molar-refractivity contribution in [2.24, 2.45) is 5.92 Å². The van der Waals surface area contributed by atoms with Crippen LogP contribution in [0.1, 0.15) is 19.8 Å². The lowest BCUT2D eigenvalue weighted by molar-refractivity contribution is -0.120. The van der Waals surface area contributed by atoms with Crippen molar-refractivity contribution in [2.75, 3.05) is 23.8 Å². The van der Waals surface area contributed by atoms with Crippen LogP contribution in [0.3, 0.4) is 0 Å². The third-order valence-corrected chi connectivity index (χ3v) is 3.51. The summed E-state index contributed by atoms with van der Waals surface area (Å²) in [6, 6.07) is 3.05. The summed E-state index contributed by atoms with van der Waals surface area (Å²) in [7, 11) is 0. The van der Waals surface area contributed by atoms with E-state index in [0.717, 1.165) is 0 Å². The van der Waals surface area contributed by atoms with E-state index >= 15 is 0 Å². The van der Waals surface area contributed by atoms with Gasteiger partial charge in [0, 0.05) is 12.6 Å². The van der Waals surface area contributed by atoms with Gasteiger partial charge in [-0.2, -0.15) is 0 Å². The molecule has 7 heteroatoms. The van der Waals surface area contributed by atoms with Crippen LogP contribution in [0.5, 0.6) is 0 Å². The van der Waals surface area contributed by atoms with Gasteiger partial charge in [0.05, 0.1) is 22.3 Å². The van der Waals surface area contributed by atoms with Gasteiger partial charge in [0.1, 0.15) is 6.61 Å². The van der Waals surface area contributed by atoms with Crippen LogP contribution in [0.2, 0.25) is 10.0 Å². The molecule has 2 rings (SSSR count). The van der Waals surface area contributed by atoms with Crippen molar-refractivity contribution < 1.29 is 14.3 Å². The van der Waals surface area contributed by atoms with Gasteiger partial charge in [-0.05, 0) is 30.9 Å². The highest BCUT2D eigenvalue weighted by atomic mass is 35.5. The summed E-state index contributed by atoms with van der Waals surface area (Å²) >= 11 is 12.1. The summed E-state index contributed by atoms with van der Waals surface area (Å²) < 4.78 is 5.29. The van der Waals surface area contributed by atoms with Gasteiger partial charge < -0.3 is 15.4 Å². The molecule has 1 aliphatic carbocycles. The van der Waals surface area contributed by atoms with E-state index in [4.69, 9.17) is 27.9 Å². The Bertz CT molecular complexity index is 536. The number of benzene rings is 1. The van der Waals surface area contributed by atoms with Crippen molar-refractivity contribution in [1.82, 2.24) is 0 Å². The van der Waals surface area contributed by atoms with E-state index in [1.807, 2.05) is 0 Å². The molecular formula is C14H16Cl2N2O3. The zero-order valence-electron chi connectivity index (χ0n) is 11.5. The molecule has 1 saturated carbocycles. The van der Waals surface area contributed by atoms with Crippen molar-refractivity contribution in [2.45, 2.75) is 19.8 Å². The number of carbonyl (C=O) groups is 2. The maximum absolute atomic E-state index is 11.8. The minimum absolute atomic E-state index is 0.0311. The van der Waals surface area contributed by atoms with E-state index in [1.165, 1.54) is 31.9 Å². The molecule has 0 aliphatic heterocycles. The maximum Gasteiger partial charge on any atom is 0.250 e. The molecule has 1 aliphatic rings. The summed E-state index contributed by atoms with van der Waals surface area (Å²) in [5, 5.41) is 5.69. The molecule has 1 fully saturated rings. The Balaban J connectivity index is 1.94. The van der Waals surface area contributed by atoms with Crippen molar-refractivity contribution >= 4 is 46.4 Å². The number of amides is 2. The standard InChI is InChI=1S/C14H16Cl2N2O3/c1-8(19)17-10-4-11(15)14(12(16)5-10)18-13(20)7-21-6-9-2-3-9/h4-5,9H,2-3,6-7H2,1H3,(H,17,19)(H,18,20). The smallest absolute Gasteiger partial charge is 0.250 e. The van der Waals surface area contributed by atoms with Crippen LogP contribution >= 0.6 is 23.2 Å². The molecule has 1 aromatic rings. The van der Waals surface area contributed by atoms with Gasteiger partial charge in [-0.15, -0.1) is 0 Å². The van der Waals surface area contributed by atoms with Crippen LogP contribution in [0.25, 0.3) is 0 Å². The van der Waals surface area contributed by atoms with E-state index in [1.54, 1.807) is 0 Å². The van der Waals surface area contributed by atoms with Crippen LogP contribution in [-0.4, -0.2) is 25.0 Å². The molecule has 0 heterocycles. The van der Waals surface area contributed by atoms with Crippen LogP contribution in [0.15, 0.2) is 12.1 Å². The molecule has 5 nitrogen and oxygen atoms in total. The largest absolute Gasteiger partial charge is 0.371 e. The number of anilines is 2. The first kappa shape index (κ1) is 16.1. The quantitative estimate of drug-likeness (QED) is 0.840. The van der Waals surface area contributed by atoms with Gasteiger partial charge in [-0.3, -0.25) is 9.59 Å². The molecule has 2 amide bonds. The molecule has 0 saturated heterocycles. The maximum atomic E-state index is 11.8. The first-order chi connectivity index (χ1) is 9.95. The number of halogens is 2. The third kappa shape index (κ3) is 5.19. The fraction of sp³-hybridized carbons (Fsp3) is 0.429. The fourth-order valence-corrected chi connectivity index (χ4v) is 2.33. The lowest BCUT2D eigenvalue weighted by atomic mass is 10.2. The molecule has 0 radical (unpaired) electrons. The Hall–Kier alpha value is -1.30. The first-order valence-corrected chi connectivity index (χ1v) is 7.35. The van der Waals surface area contributed by atoms with Crippen LogP contribution in [-0.2, 0) is 14.3 Å². The highest BCUT2D eigenvalue weighted by Gasteiger charge is 2.21. The van der Waals surface area contributed by atoms with E-state index in [9.17, 15) is 9.59 Å². The first-order valence-electron chi connectivity index (χ1n) is 6.60. The average Bonchev–Trinajstić information content (AvgIpc) is 3.17. The highest BCUT2D eigenvalue weighted by molar-refractivity contribution is 6.40.